The van der Waals surface area contributed by atoms with Crippen LogP contribution in [0.3, 0.4) is 0 Å². The van der Waals surface area contributed by atoms with Gasteiger partial charge in [-0.15, -0.1) is 10.2 Å². The minimum atomic E-state index is 0.178. The van der Waals surface area contributed by atoms with Crippen LogP contribution in [0, 0.1) is 0 Å². The topological polar surface area (TPSA) is 52.3 Å². The maximum absolute atomic E-state index is 5.62. The summed E-state index contributed by atoms with van der Waals surface area (Å²) in [4.78, 5) is 4.38. The Balaban J connectivity index is 1.92. The van der Waals surface area contributed by atoms with Gasteiger partial charge in [0.05, 0.1) is 18.0 Å². The fourth-order valence-corrected chi connectivity index (χ4v) is 1.86. The summed E-state index contributed by atoms with van der Waals surface area (Å²) in [6.07, 6.45) is 5.46. The van der Waals surface area contributed by atoms with Crippen LogP contribution in [0.5, 0.6) is 5.75 Å². The summed E-state index contributed by atoms with van der Waals surface area (Å²) in [6, 6.07) is 7.90. The Morgan fingerprint density at radius 1 is 1.16 bits per heavy atom. The molecule has 5 nitrogen and oxygen atoms in total. The van der Waals surface area contributed by atoms with Gasteiger partial charge in [0.25, 0.3) is 0 Å². The second-order valence-corrected chi connectivity index (χ2v) is 4.56. The van der Waals surface area contributed by atoms with E-state index >= 15 is 0 Å². The molecular weight excluding hydrogens is 240 g/mol. The highest BCUT2D eigenvalue weighted by molar-refractivity contribution is 5.60. The second kappa shape index (κ2) is 4.68. The first-order valence-electron chi connectivity index (χ1n) is 6.15. The van der Waals surface area contributed by atoms with Crippen molar-refractivity contribution < 1.29 is 4.74 Å². The molecule has 2 aromatic heterocycles. The SMILES string of the molecule is CC(C)Oc1ccc(-c2cn3cnnc3cn2)cc1. The van der Waals surface area contributed by atoms with E-state index in [-0.39, 0.29) is 6.10 Å². The molecule has 1 aromatic carbocycles. The molecule has 0 bridgehead atoms. The van der Waals surface area contributed by atoms with Crippen molar-refractivity contribution in [2.24, 2.45) is 0 Å². The molecular formula is C14H14N4O. The third kappa shape index (κ3) is 2.40. The van der Waals surface area contributed by atoms with Crippen LogP contribution in [0.15, 0.2) is 43.0 Å². The van der Waals surface area contributed by atoms with Crippen molar-refractivity contribution in [3.8, 4) is 17.0 Å². The van der Waals surface area contributed by atoms with E-state index in [1.807, 2.05) is 48.7 Å². The lowest BCUT2D eigenvalue weighted by Gasteiger charge is -2.09. The quantitative estimate of drug-likeness (QED) is 0.721. The monoisotopic (exact) mass is 254 g/mol. The molecule has 0 N–H and O–H groups in total. The maximum Gasteiger partial charge on any atom is 0.179 e. The molecule has 0 radical (unpaired) electrons. The molecule has 0 aliphatic heterocycles. The zero-order valence-corrected chi connectivity index (χ0v) is 10.8. The van der Waals surface area contributed by atoms with Crippen LogP contribution in [0.1, 0.15) is 13.8 Å². The van der Waals surface area contributed by atoms with Crippen LogP contribution >= 0.6 is 0 Å². The molecule has 0 amide bonds. The van der Waals surface area contributed by atoms with E-state index in [1.54, 1.807) is 12.5 Å². The first-order valence-corrected chi connectivity index (χ1v) is 6.15. The van der Waals surface area contributed by atoms with Gasteiger partial charge < -0.3 is 4.74 Å². The molecule has 0 fully saturated rings. The van der Waals surface area contributed by atoms with E-state index in [0.29, 0.717) is 0 Å². The van der Waals surface area contributed by atoms with Crippen LogP contribution in [0.2, 0.25) is 0 Å². The van der Waals surface area contributed by atoms with E-state index in [9.17, 15) is 0 Å². The lowest BCUT2D eigenvalue weighted by atomic mass is 10.1. The summed E-state index contributed by atoms with van der Waals surface area (Å²) >= 11 is 0. The van der Waals surface area contributed by atoms with Crippen LogP contribution in [0.25, 0.3) is 16.9 Å². The average molecular weight is 254 g/mol. The number of fused-ring (bicyclic) bond motifs is 1. The first-order chi connectivity index (χ1) is 9.22. The largest absolute Gasteiger partial charge is 0.491 e. The number of hydrogen-bond donors (Lipinski definition) is 0. The van der Waals surface area contributed by atoms with Crippen molar-refractivity contribution in [2.45, 2.75) is 20.0 Å². The summed E-state index contributed by atoms with van der Waals surface area (Å²) in [7, 11) is 0. The summed E-state index contributed by atoms with van der Waals surface area (Å²) < 4.78 is 7.47. The Kier molecular flexibility index (Phi) is 2.87. The van der Waals surface area contributed by atoms with Gasteiger partial charge in [-0.05, 0) is 38.1 Å². The maximum atomic E-state index is 5.62. The Morgan fingerprint density at radius 3 is 2.68 bits per heavy atom. The van der Waals surface area contributed by atoms with Gasteiger partial charge in [0.15, 0.2) is 5.65 Å². The molecule has 0 spiro atoms. The number of hydrogen-bond acceptors (Lipinski definition) is 4. The van der Waals surface area contributed by atoms with Gasteiger partial charge in [0.2, 0.25) is 0 Å². The Morgan fingerprint density at radius 2 is 1.95 bits per heavy atom. The van der Waals surface area contributed by atoms with Crippen LogP contribution in [-0.2, 0) is 0 Å². The number of benzene rings is 1. The Bertz CT molecular complexity index is 688. The molecule has 0 unspecified atom stereocenters. The van der Waals surface area contributed by atoms with E-state index in [2.05, 4.69) is 15.2 Å². The number of aromatic nitrogens is 4. The zero-order chi connectivity index (χ0) is 13.2. The molecule has 5 heteroatoms. The van der Waals surface area contributed by atoms with Gasteiger partial charge in [-0.3, -0.25) is 9.38 Å². The molecule has 0 saturated heterocycles. The summed E-state index contributed by atoms with van der Waals surface area (Å²) in [5.41, 5.74) is 2.65. The van der Waals surface area contributed by atoms with Gasteiger partial charge in [-0.1, -0.05) is 0 Å². The standard InChI is InChI=1S/C14H14N4O/c1-10(2)19-12-5-3-11(4-6-12)13-8-18-9-16-17-14(18)7-15-13/h3-10H,1-2H3. The molecule has 2 heterocycles. The molecule has 3 rings (SSSR count). The highest BCUT2D eigenvalue weighted by atomic mass is 16.5. The first kappa shape index (κ1) is 11.6. The molecule has 96 valence electrons. The fraction of sp³-hybridized carbons (Fsp3) is 0.214. The van der Waals surface area contributed by atoms with E-state index in [0.717, 1.165) is 22.7 Å². The van der Waals surface area contributed by atoms with E-state index in [4.69, 9.17) is 4.74 Å². The lowest BCUT2D eigenvalue weighted by Crippen LogP contribution is -2.05. The highest BCUT2D eigenvalue weighted by Gasteiger charge is 2.03. The summed E-state index contributed by atoms with van der Waals surface area (Å²) in [5, 5.41) is 7.77. The summed E-state index contributed by atoms with van der Waals surface area (Å²) in [6.45, 7) is 4.02. The predicted octanol–water partition coefficient (Wildman–Crippen LogP) is 2.58. The molecule has 0 aliphatic carbocycles. The van der Waals surface area contributed by atoms with Crippen LogP contribution in [-0.4, -0.2) is 25.7 Å². The molecule has 19 heavy (non-hydrogen) atoms. The van der Waals surface area contributed by atoms with E-state index < -0.39 is 0 Å². The van der Waals surface area contributed by atoms with E-state index in [1.165, 1.54) is 0 Å². The van der Waals surface area contributed by atoms with Gasteiger partial charge in [-0.25, -0.2) is 0 Å². The fourth-order valence-electron chi connectivity index (χ4n) is 1.86. The third-order valence-corrected chi connectivity index (χ3v) is 2.70. The molecule has 0 saturated carbocycles. The summed E-state index contributed by atoms with van der Waals surface area (Å²) in [5.74, 6) is 0.865. The number of rotatable bonds is 3. The zero-order valence-electron chi connectivity index (χ0n) is 10.8. The van der Waals surface area contributed by atoms with Gasteiger partial charge in [-0.2, -0.15) is 0 Å². The van der Waals surface area contributed by atoms with Gasteiger partial charge in [0, 0.05) is 11.8 Å². The van der Waals surface area contributed by atoms with Crippen LogP contribution in [0.4, 0.5) is 0 Å². The smallest absolute Gasteiger partial charge is 0.179 e. The highest BCUT2D eigenvalue weighted by Crippen LogP contribution is 2.21. The van der Waals surface area contributed by atoms with Crippen molar-refractivity contribution >= 4 is 5.65 Å². The molecule has 0 aliphatic rings. The van der Waals surface area contributed by atoms with Gasteiger partial charge in [0.1, 0.15) is 12.1 Å². The molecule has 3 aromatic rings. The minimum Gasteiger partial charge on any atom is -0.491 e. The Hall–Kier alpha value is -2.43. The number of nitrogens with zero attached hydrogens (tertiary/aromatic N) is 4. The average Bonchev–Trinajstić information content (AvgIpc) is 2.86. The van der Waals surface area contributed by atoms with Crippen molar-refractivity contribution in [2.75, 3.05) is 0 Å². The van der Waals surface area contributed by atoms with Crippen molar-refractivity contribution in [3.63, 3.8) is 0 Å². The normalized spacial score (nSPS) is 11.1. The Labute approximate surface area is 110 Å². The lowest BCUT2D eigenvalue weighted by molar-refractivity contribution is 0.242. The second-order valence-electron chi connectivity index (χ2n) is 4.56. The predicted molar refractivity (Wildman–Crippen MR) is 72.0 cm³/mol. The van der Waals surface area contributed by atoms with Crippen molar-refractivity contribution in [1.29, 1.82) is 0 Å². The minimum absolute atomic E-state index is 0.178. The van der Waals surface area contributed by atoms with Crippen molar-refractivity contribution in [1.82, 2.24) is 19.6 Å². The number of ether oxygens (including phenoxy) is 1. The molecule has 0 atom stereocenters. The van der Waals surface area contributed by atoms with Gasteiger partial charge >= 0.3 is 0 Å². The van der Waals surface area contributed by atoms with Crippen molar-refractivity contribution in [3.05, 3.63) is 43.0 Å². The third-order valence-electron chi connectivity index (χ3n) is 2.70. The van der Waals surface area contributed by atoms with Crippen LogP contribution < -0.4 is 4.74 Å².